The Balaban J connectivity index is 4.17. The quantitative estimate of drug-likeness (QED) is 0.581. The second-order valence-electron chi connectivity index (χ2n) is 2.82. The van der Waals surface area contributed by atoms with E-state index in [4.69, 9.17) is 11.6 Å². The largest absolute Gasteiger partial charge is 0.299 e. The van der Waals surface area contributed by atoms with Crippen LogP contribution < -0.4 is 0 Å². The van der Waals surface area contributed by atoms with Crippen molar-refractivity contribution in [2.75, 3.05) is 5.88 Å². The molecule has 0 fully saturated rings. The van der Waals surface area contributed by atoms with Gasteiger partial charge in [0, 0.05) is 17.7 Å². The van der Waals surface area contributed by atoms with E-state index < -0.39 is 0 Å². The molecule has 1 nitrogen and oxygen atoms in total. The normalized spacial score (nSPS) is 16.4. The maximum Gasteiger partial charge on any atom is 0.139 e. The van der Waals surface area contributed by atoms with Gasteiger partial charge in [-0.15, -0.1) is 11.6 Å². The minimum atomic E-state index is -0.281. The molecule has 0 aromatic rings. The number of ketones is 1. The summed E-state index contributed by atoms with van der Waals surface area (Å²) in [5, 5.41) is 0. The number of alkyl halides is 1. The lowest BCUT2D eigenvalue weighted by Crippen LogP contribution is -2.28. The maximum absolute atomic E-state index is 11.2. The van der Waals surface area contributed by atoms with Gasteiger partial charge in [0.25, 0.3) is 0 Å². The summed E-state index contributed by atoms with van der Waals surface area (Å²) in [6.07, 6.45) is 1.43. The average molecular weight is 163 g/mol. The van der Waals surface area contributed by atoms with Crippen molar-refractivity contribution in [1.29, 1.82) is 0 Å². The summed E-state index contributed by atoms with van der Waals surface area (Å²) < 4.78 is 0. The first-order valence-corrected chi connectivity index (χ1v) is 4.23. The molecule has 0 rings (SSSR count). The first kappa shape index (κ1) is 9.96. The number of hydrogen-bond donors (Lipinski definition) is 0. The van der Waals surface area contributed by atoms with Gasteiger partial charge >= 0.3 is 0 Å². The zero-order chi connectivity index (χ0) is 8.20. The molecular formula is C8H15ClO. The molecule has 0 amide bonds. The van der Waals surface area contributed by atoms with E-state index in [1.807, 2.05) is 20.8 Å². The number of carbonyl (C=O) groups is 1. The number of hydrogen-bond acceptors (Lipinski definition) is 1. The van der Waals surface area contributed by atoms with Crippen LogP contribution in [0.4, 0.5) is 0 Å². The second kappa shape index (κ2) is 3.97. The first-order chi connectivity index (χ1) is 4.60. The zero-order valence-electron chi connectivity index (χ0n) is 6.91. The third-order valence-corrected chi connectivity index (χ3v) is 2.66. The van der Waals surface area contributed by atoms with E-state index in [1.165, 1.54) is 0 Å². The Morgan fingerprint density at radius 3 is 2.10 bits per heavy atom. The molecule has 0 aliphatic heterocycles. The highest BCUT2D eigenvalue weighted by molar-refractivity contribution is 6.20. The molecular weight excluding hydrogens is 148 g/mol. The van der Waals surface area contributed by atoms with Gasteiger partial charge in [0.2, 0.25) is 0 Å². The summed E-state index contributed by atoms with van der Waals surface area (Å²) >= 11 is 5.66. The summed E-state index contributed by atoms with van der Waals surface area (Å²) in [5.41, 5.74) is -0.281. The van der Waals surface area contributed by atoms with Crippen molar-refractivity contribution in [2.24, 2.45) is 5.41 Å². The van der Waals surface area contributed by atoms with Gasteiger partial charge in [0.05, 0.1) is 0 Å². The van der Waals surface area contributed by atoms with Crippen molar-refractivity contribution >= 4 is 17.4 Å². The highest BCUT2D eigenvalue weighted by Crippen LogP contribution is 2.25. The van der Waals surface area contributed by atoms with Gasteiger partial charge in [-0.3, -0.25) is 4.79 Å². The van der Waals surface area contributed by atoms with Crippen molar-refractivity contribution in [3.8, 4) is 0 Å². The summed E-state index contributed by atoms with van der Waals surface area (Å²) in [6, 6.07) is 0. The van der Waals surface area contributed by atoms with E-state index >= 15 is 0 Å². The van der Waals surface area contributed by atoms with E-state index in [9.17, 15) is 4.79 Å². The van der Waals surface area contributed by atoms with Gasteiger partial charge in [-0.1, -0.05) is 20.8 Å². The van der Waals surface area contributed by atoms with Crippen LogP contribution in [0.2, 0.25) is 0 Å². The molecule has 0 saturated carbocycles. The van der Waals surface area contributed by atoms with E-state index in [0.717, 1.165) is 6.42 Å². The van der Waals surface area contributed by atoms with Crippen molar-refractivity contribution in [3.05, 3.63) is 0 Å². The van der Waals surface area contributed by atoms with Crippen LogP contribution in [0, 0.1) is 5.41 Å². The third-order valence-electron chi connectivity index (χ3n) is 2.07. The Morgan fingerprint density at radius 1 is 1.50 bits per heavy atom. The molecule has 0 aliphatic carbocycles. The number of Topliss-reactive ketones (excluding diaryl/α,β-unsaturated/α-hetero) is 1. The lowest BCUT2D eigenvalue weighted by atomic mass is 9.84. The minimum absolute atomic E-state index is 0.269. The van der Waals surface area contributed by atoms with Gasteiger partial charge in [-0.2, -0.15) is 0 Å². The summed E-state index contributed by atoms with van der Waals surface area (Å²) in [6.45, 7) is 5.80. The van der Waals surface area contributed by atoms with Gasteiger partial charge in [-0.25, -0.2) is 0 Å². The molecule has 60 valence electrons. The Kier molecular flexibility index (Phi) is 3.95. The van der Waals surface area contributed by atoms with Crippen molar-refractivity contribution in [2.45, 2.75) is 33.6 Å². The van der Waals surface area contributed by atoms with Crippen LogP contribution in [0.3, 0.4) is 0 Å². The van der Waals surface area contributed by atoms with Gasteiger partial charge < -0.3 is 0 Å². The molecule has 0 radical (unpaired) electrons. The molecule has 0 N–H and O–H groups in total. The number of rotatable bonds is 4. The average Bonchev–Trinajstić information content (AvgIpc) is 2.01. The molecule has 0 aromatic carbocycles. The molecule has 2 heteroatoms. The topological polar surface area (TPSA) is 17.1 Å². The van der Waals surface area contributed by atoms with Crippen LogP contribution in [-0.2, 0) is 4.79 Å². The standard InChI is InChI=1S/C8H15ClO/c1-4-7(10)8(3,5-2)6-9/h4-6H2,1-3H3. The maximum atomic E-state index is 11.2. The fraction of sp³-hybridized carbons (Fsp3) is 0.875. The summed E-state index contributed by atoms with van der Waals surface area (Å²) in [7, 11) is 0. The summed E-state index contributed by atoms with van der Waals surface area (Å²) in [4.78, 5) is 11.2. The van der Waals surface area contributed by atoms with E-state index in [0.29, 0.717) is 12.3 Å². The minimum Gasteiger partial charge on any atom is -0.299 e. The monoisotopic (exact) mass is 162 g/mol. The van der Waals surface area contributed by atoms with Crippen LogP contribution in [0.15, 0.2) is 0 Å². The van der Waals surface area contributed by atoms with Crippen molar-refractivity contribution in [1.82, 2.24) is 0 Å². The lowest BCUT2D eigenvalue weighted by molar-refractivity contribution is -0.126. The Labute approximate surface area is 67.8 Å². The molecule has 0 bridgehead atoms. The van der Waals surface area contributed by atoms with E-state index in [-0.39, 0.29) is 11.2 Å². The molecule has 0 saturated heterocycles. The molecule has 0 spiro atoms. The Morgan fingerprint density at radius 2 is 2.00 bits per heavy atom. The van der Waals surface area contributed by atoms with Crippen LogP contribution in [0.5, 0.6) is 0 Å². The zero-order valence-corrected chi connectivity index (χ0v) is 7.66. The number of carbonyl (C=O) groups excluding carboxylic acids is 1. The van der Waals surface area contributed by atoms with E-state index in [1.54, 1.807) is 0 Å². The highest BCUT2D eigenvalue weighted by atomic mass is 35.5. The molecule has 0 heterocycles. The SMILES string of the molecule is CCC(=O)C(C)(CC)CCl. The smallest absolute Gasteiger partial charge is 0.139 e. The predicted molar refractivity (Wildman–Crippen MR) is 44.4 cm³/mol. The fourth-order valence-electron chi connectivity index (χ4n) is 0.793. The van der Waals surface area contributed by atoms with Crippen LogP contribution >= 0.6 is 11.6 Å². The lowest BCUT2D eigenvalue weighted by Gasteiger charge is -2.22. The van der Waals surface area contributed by atoms with Gasteiger partial charge in [-0.05, 0) is 6.42 Å². The van der Waals surface area contributed by atoms with E-state index in [2.05, 4.69) is 0 Å². The number of halogens is 1. The van der Waals surface area contributed by atoms with Crippen molar-refractivity contribution in [3.63, 3.8) is 0 Å². The van der Waals surface area contributed by atoms with Gasteiger partial charge in [0.15, 0.2) is 0 Å². The van der Waals surface area contributed by atoms with Crippen LogP contribution in [0.25, 0.3) is 0 Å². The molecule has 0 aromatic heterocycles. The third kappa shape index (κ3) is 1.98. The Hall–Kier alpha value is -0.0400. The van der Waals surface area contributed by atoms with Crippen molar-refractivity contribution < 1.29 is 4.79 Å². The van der Waals surface area contributed by atoms with Gasteiger partial charge in [0.1, 0.15) is 5.78 Å². The highest BCUT2D eigenvalue weighted by Gasteiger charge is 2.27. The molecule has 1 unspecified atom stereocenters. The molecule has 0 aliphatic rings. The second-order valence-corrected chi connectivity index (χ2v) is 3.09. The van der Waals surface area contributed by atoms with Crippen LogP contribution in [-0.4, -0.2) is 11.7 Å². The fourth-order valence-corrected chi connectivity index (χ4v) is 1.13. The molecule has 10 heavy (non-hydrogen) atoms. The summed E-state index contributed by atoms with van der Waals surface area (Å²) in [5.74, 6) is 0.709. The molecule has 1 atom stereocenters. The predicted octanol–water partition coefficient (Wildman–Crippen LogP) is 2.62. The Bertz CT molecular complexity index is 116. The van der Waals surface area contributed by atoms with Crippen LogP contribution in [0.1, 0.15) is 33.6 Å². The first-order valence-electron chi connectivity index (χ1n) is 3.70.